The quantitative estimate of drug-likeness (QED) is 0.359. The first kappa shape index (κ1) is 24.1. The van der Waals surface area contributed by atoms with Gasteiger partial charge in [0.25, 0.3) is 5.69 Å². The van der Waals surface area contributed by atoms with Crippen LogP contribution in [-0.2, 0) is 20.8 Å². The normalized spacial score (nSPS) is 28.4. The Labute approximate surface area is 208 Å². The summed E-state index contributed by atoms with van der Waals surface area (Å²) in [5, 5.41) is 24.9. The highest BCUT2D eigenvalue weighted by molar-refractivity contribution is 6.09. The molecule has 2 N–H and O–H groups in total. The summed E-state index contributed by atoms with van der Waals surface area (Å²) in [7, 11) is 0. The largest absolute Gasteiger partial charge is 0.480 e. The minimum atomic E-state index is -1.73. The van der Waals surface area contributed by atoms with E-state index in [0.717, 1.165) is 43.2 Å². The Morgan fingerprint density at radius 1 is 1.08 bits per heavy atom. The number of nitro groups is 1. The summed E-state index contributed by atoms with van der Waals surface area (Å²) in [6.07, 6.45) is 4.32. The van der Waals surface area contributed by atoms with Crippen molar-refractivity contribution in [3.05, 3.63) is 75.3 Å². The Morgan fingerprint density at radius 2 is 1.75 bits per heavy atom. The average molecular weight is 492 g/mol. The van der Waals surface area contributed by atoms with E-state index in [2.05, 4.69) is 5.32 Å². The molecule has 0 spiro atoms. The summed E-state index contributed by atoms with van der Waals surface area (Å²) in [6.45, 7) is 1.91. The second-order valence-electron chi connectivity index (χ2n) is 10.2. The van der Waals surface area contributed by atoms with E-state index in [9.17, 15) is 29.6 Å². The Kier molecular flexibility index (Phi) is 6.12. The molecule has 36 heavy (non-hydrogen) atoms. The number of nitrogens with one attached hydrogen (secondary N) is 1. The lowest BCUT2D eigenvalue weighted by Crippen LogP contribution is -2.58. The van der Waals surface area contributed by atoms with Gasteiger partial charge in [-0.25, -0.2) is 0 Å². The van der Waals surface area contributed by atoms with Gasteiger partial charge in [0.15, 0.2) is 0 Å². The van der Waals surface area contributed by atoms with E-state index in [1.165, 1.54) is 29.2 Å². The Bertz CT molecular complexity index is 1220. The van der Waals surface area contributed by atoms with Crippen LogP contribution in [0.2, 0.25) is 0 Å². The molecule has 2 aromatic carbocycles. The van der Waals surface area contributed by atoms with E-state index in [0.29, 0.717) is 5.56 Å². The van der Waals surface area contributed by atoms with Gasteiger partial charge >= 0.3 is 5.97 Å². The third-order valence-electron chi connectivity index (χ3n) is 8.16. The molecule has 0 aromatic heterocycles. The summed E-state index contributed by atoms with van der Waals surface area (Å²) < 4.78 is 0. The number of aryl methyl sites for hydroxylation is 1. The van der Waals surface area contributed by atoms with Gasteiger partial charge in [0, 0.05) is 30.6 Å². The third-order valence-corrected chi connectivity index (χ3v) is 8.16. The molecule has 0 radical (unpaired) electrons. The first-order valence-corrected chi connectivity index (χ1v) is 12.4. The van der Waals surface area contributed by atoms with Crippen molar-refractivity contribution in [3.63, 3.8) is 0 Å². The van der Waals surface area contributed by atoms with Crippen LogP contribution >= 0.6 is 0 Å². The summed E-state index contributed by atoms with van der Waals surface area (Å²) in [5.74, 6) is -3.85. The number of carbonyl (C=O) groups excluding carboxylic acids is 2. The number of hydrogen-bond donors (Lipinski definition) is 2. The molecule has 4 unspecified atom stereocenters. The van der Waals surface area contributed by atoms with Gasteiger partial charge in [-0.3, -0.25) is 34.7 Å². The van der Waals surface area contributed by atoms with Gasteiger partial charge in [-0.2, -0.15) is 0 Å². The number of carboxylic acids is 1. The molecule has 2 aliphatic heterocycles. The van der Waals surface area contributed by atoms with Crippen LogP contribution < -0.4 is 5.32 Å². The lowest BCUT2D eigenvalue weighted by atomic mass is 9.76. The molecule has 0 bridgehead atoms. The smallest absolute Gasteiger partial charge is 0.325 e. The second-order valence-corrected chi connectivity index (χ2v) is 10.2. The van der Waals surface area contributed by atoms with E-state index < -0.39 is 40.2 Å². The monoisotopic (exact) mass is 491 g/mol. The zero-order valence-corrected chi connectivity index (χ0v) is 20.1. The minimum Gasteiger partial charge on any atom is -0.480 e. The topological polar surface area (TPSA) is 130 Å². The number of nitrogens with zero attached hydrogens (tertiary/aromatic N) is 2. The maximum atomic E-state index is 13.9. The highest BCUT2D eigenvalue weighted by atomic mass is 16.6. The van der Waals surface area contributed by atoms with Crippen LogP contribution in [0.3, 0.4) is 0 Å². The molecular formula is C27H29N3O6. The summed E-state index contributed by atoms with van der Waals surface area (Å²) in [5.41, 5.74) is 0.404. The molecule has 1 aliphatic carbocycles. The molecule has 2 saturated heterocycles. The van der Waals surface area contributed by atoms with Crippen molar-refractivity contribution >= 4 is 23.5 Å². The predicted octanol–water partition coefficient (Wildman–Crippen LogP) is 3.55. The Morgan fingerprint density at radius 3 is 2.36 bits per heavy atom. The molecule has 3 aliphatic rings. The first-order chi connectivity index (χ1) is 17.2. The molecule has 2 aromatic rings. The van der Waals surface area contributed by atoms with Gasteiger partial charge in [0.05, 0.1) is 16.8 Å². The van der Waals surface area contributed by atoms with Crippen molar-refractivity contribution in [2.75, 3.05) is 0 Å². The van der Waals surface area contributed by atoms with Gasteiger partial charge < -0.3 is 5.11 Å². The molecule has 188 valence electrons. The number of likely N-dealkylation sites (tertiary alicyclic amines) is 1. The molecule has 2 amide bonds. The van der Waals surface area contributed by atoms with Crippen LogP contribution in [-0.4, -0.2) is 44.3 Å². The van der Waals surface area contributed by atoms with Gasteiger partial charge in [0.2, 0.25) is 11.8 Å². The maximum Gasteiger partial charge on any atom is 0.325 e. The van der Waals surface area contributed by atoms with Crippen molar-refractivity contribution in [2.24, 2.45) is 11.8 Å². The van der Waals surface area contributed by atoms with Crippen LogP contribution in [0.15, 0.2) is 48.5 Å². The first-order valence-electron chi connectivity index (χ1n) is 12.4. The highest BCUT2D eigenvalue weighted by Crippen LogP contribution is 2.51. The number of carbonyl (C=O) groups is 3. The summed E-state index contributed by atoms with van der Waals surface area (Å²) >= 11 is 0. The predicted molar refractivity (Wildman–Crippen MR) is 130 cm³/mol. The number of amides is 2. The molecule has 1 saturated carbocycles. The van der Waals surface area contributed by atoms with Gasteiger partial charge in [-0.1, -0.05) is 55.7 Å². The standard InChI is InChI=1S/C27H29N3O6/c1-16-7-5-6-10-20(16)23-21-22(25(32)29(24(21)31)18-8-3-2-4-9-18)27(28-23,26(33)34)15-17-11-13-19(14-12-17)30(35)36/h5-7,10-14,18,21-23,28H,2-4,8-9,15H2,1H3,(H,33,34). The van der Waals surface area contributed by atoms with E-state index in [-0.39, 0.29) is 24.1 Å². The number of fused-ring (bicyclic) bond motifs is 1. The van der Waals surface area contributed by atoms with E-state index in [4.69, 9.17) is 0 Å². The van der Waals surface area contributed by atoms with Crippen molar-refractivity contribution in [3.8, 4) is 0 Å². The second kappa shape index (κ2) is 9.13. The maximum absolute atomic E-state index is 13.9. The van der Waals surface area contributed by atoms with E-state index in [1.54, 1.807) is 0 Å². The summed E-state index contributed by atoms with van der Waals surface area (Å²) in [6, 6.07) is 12.3. The highest BCUT2D eigenvalue weighted by Gasteiger charge is 2.69. The fourth-order valence-electron chi connectivity index (χ4n) is 6.42. The fourth-order valence-corrected chi connectivity index (χ4v) is 6.42. The Balaban J connectivity index is 1.60. The van der Waals surface area contributed by atoms with Crippen molar-refractivity contribution in [1.29, 1.82) is 0 Å². The molecular weight excluding hydrogens is 462 g/mol. The van der Waals surface area contributed by atoms with Gasteiger partial charge in [-0.05, 0) is 36.5 Å². The fraction of sp³-hybridized carbons (Fsp3) is 0.444. The zero-order valence-electron chi connectivity index (χ0n) is 20.1. The number of nitro benzene ring substituents is 1. The molecule has 4 atom stereocenters. The van der Waals surface area contributed by atoms with Crippen molar-refractivity contribution in [2.45, 2.75) is 63.1 Å². The van der Waals surface area contributed by atoms with Gasteiger partial charge in [0.1, 0.15) is 5.54 Å². The molecule has 3 fully saturated rings. The van der Waals surface area contributed by atoms with Crippen molar-refractivity contribution in [1.82, 2.24) is 10.2 Å². The number of benzene rings is 2. The SMILES string of the molecule is Cc1ccccc1C1NC(Cc2ccc([N+](=O)[O-])cc2)(C(=O)O)C2C(=O)N(C3CCCCC3)C(=O)C12. The van der Waals surface area contributed by atoms with Crippen molar-refractivity contribution < 1.29 is 24.4 Å². The van der Waals surface area contributed by atoms with Crippen LogP contribution in [0.1, 0.15) is 54.8 Å². The number of imide groups is 1. The number of rotatable bonds is 6. The van der Waals surface area contributed by atoms with E-state index >= 15 is 0 Å². The van der Waals surface area contributed by atoms with Crippen LogP contribution in [0, 0.1) is 28.9 Å². The average Bonchev–Trinajstić information content (AvgIpc) is 3.34. The lowest BCUT2D eigenvalue weighted by Gasteiger charge is -2.34. The van der Waals surface area contributed by atoms with Crippen LogP contribution in [0.4, 0.5) is 5.69 Å². The number of non-ortho nitro benzene ring substituents is 1. The summed E-state index contributed by atoms with van der Waals surface area (Å²) in [4.78, 5) is 52.7. The Hall–Kier alpha value is -3.59. The molecule has 2 heterocycles. The zero-order chi connectivity index (χ0) is 25.6. The lowest BCUT2D eigenvalue weighted by molar-refractivity contribution is -0.384. The minimum absolute atomic E-state index is 0.0819. The van der Waals surface area contributed by atoms with Gasteiger partial charge in [-0.15, -0.1) is 0 Å². The number of aliphatic carboxylic acids is 1. The van der Waals surface area contributed by atoms with Crippen LogP contribution in [0.5, 0.6) is 0 Å². The molecule has 9 heteroatoms. The van der Waals surface area contributed by atoms with E-state index in [1.807, 2.05) is 31.2 Å². The molecule has 5 rings (SSSR count). The molecule has 9 nitrogen and oxygen atoms in total. The number of carboxylic acid groups (broad SMARTS) is 1. The number of hydrogen-bond acceptors (Lipinski definition) is 6. The van der Waals surface area contributed by atoms with Crippen LogP contribution in [0.25, 0.3) is 0 Å². The third kappa shape index (κ3) is 3.78.